The lowest BCUT2D eigenvalue weighted by atomic mass is 9.88. The fourth-order valence-electron chi connectivity index (χ4n) is 3.60. The number of rotatable bonds is 6. The second-order valence-electron chi connectivity index (χ2n) is 7.25. The van der Waals surface area contributed by atoms with Gasteiger partial charge in [0.25, 0.3) is 5.69 Å². The Morgan fingerprint density at radius 1 is 1.15 bits per heavy atom. The van der Waals surface area contributed by atoms with Crippen LogP contribution in [0.15, 0.2) is 29.8 Å². The number of nitro groups is 1. The molecular formula is C21H33ClN2O2. The molecule has 0 radical (unpaired) electrons. The minimum atomic E-state index is -0.354. The molecule has 0 aromatic heterocycles. The highest BCUT2D eigenvalue weighted by Gasteiger charge is 2.15. The van der Waals surface area contributed by atoms with Crippen LogP contribution in [0.5, 0.6) is 0 Å². The summed E-state index contributed by atoms with van der Waals surface area (Å²) < 4.78 is 0. The summed E-state index contributed by atoms with van der Waals surface area (Å²) >= 11 is 5.94. The summed E-state index contributed by atoms with van der Waals surface area (Å²) in [5, 5.41) is 10.8. The largest absolute Gasteiger partial charge is 0.299 e. The third-order valence-electron chi connectivity index (χ3n) is 4.84. The van der Waals surface area contributed by atoms with Crippen molar-refractivity contribution in [1.29, 1.82) is 0 Å². The second kappa shape index (κ2) is 11.3. The lowest BCUT2D eigenvalue weighted by Gasteiger charge is -2.28. The standard InChI is InChI=1S/C13H14ClNO2.C8H19N/c14-9-11-4-1-2-7-13(11)10-5-3-6-12(8-10)15(16)17;1-6-9(7(2)3)8(4)5/h3,5-6,8H,1-2,4,7,9H2;7-8H,6H2,1-5H3. The van der Waals surface area contributed by atoms with Gasteiger partial charge in [-0.2, -0.15) is 0 Å². The summed E-state index contributed by atoms with van der Waals surface area (Å²) in [5.41, 5.74) is 3.54. The maximum Gasteiger partial charge on any atom is 0.270 e. The van der Waals surface area contributed by atoms with Gasteiger partial charge in [-0.05, 0) is 71.1 Å². The van der Waals surface area contributed by atoms with Crippen molar-refractivity contribution in [1.82, 2.24) is 4.90 Å². The first kappa shape index (κ1) is 22.7. The molecular weight excluding hydrogens is 348 g/mol. The molecule has 0 atom stereocenters. The number of hydrogen-bond acceptors (Lipinski definition) is 3. The van der Waals surface area contributed by atoms with Crippen LogP contribution in [0.1, 0.15) is 65.9 Å². The molecule has 26 heavy (non-hydrogen) atoms. The highest BCUT2D eigenvalue weighted by Crippen LogP contribution is 2.34. The van der Waals surface area contributed by atoms with Crippen LogP contribution in [0.25, 0.3) is 5.57 Å². The summed E-state index contributed by atoms with van der Waals surface area (Å²) in [6, 6.07) is 8.21. The molecule has 0 bridgehead atoms. The Labute approximate surface area is 163 Å². The zero-order chi connectivity index (χ0) is 19.7. The SMILES string of the molecule is CCN(C(C)C)C(C)C.O=[N+]([O-])c1cccc(C2=C(CCl)CCCC2)c1. The van der Waals surface area contributed by atoms with E-state index in [1.54, 1.807) is 12.1 Å². The fraction of sp³-hybridized carbons (Fsp3) is 0.619. The number of nitro benzene ring substituents is 1. The highest BCUT2D eigenvalue weighted by atomic mass is 35.5. The number of non-ortho nitro benzene ring substituents is 1. The molecule has 0 aliphatic heterocycles. The molecule has 0 heterocycles. The van der Waals surface area contributed by atoms with Gasteiger partial charge in [0, 0.05) is 30.1 Å². The van der Waals surface area contributed by atoms with Gasteiger partial charge in [-0.15, -0.1) is 11.6 Å². The molecule has 0 amide bonds. The van der Waals surface area contributed by atoms with Crippen molar-refractivity contribution < 1.29 is 4.92 Å². The Morgan fingerprint density at radius 3 is 2.23 bits per heavy atom. The monoisotopic (exact) mass is 380 g/mol. The Kier molecular flexibility index (Phi) is 9.89. The Hall–Kier alpha value is -1.39. The molecule has 0 saturated carbocycles. The fourth-order valence-corrected chi connectivity index (χ4v) is 3.89. The Balaban J connectivity index is 0.000000321. The molecule has 1 aliphatic rings. The number of hydrogen-bond donors (Lipinski definition) is 0. The molecule has 0 fully saturated rings. The second-order valence-corrected chi connectivity index (χ2v) is 7.52. The average molecular weight is 381 g/mol. The van der Waals surface area contributed by atoms with Gasteiger partial charge in [-0.3, -0.25) is 15.0 Å². The molecule has 0 saturated heterocycles. The van der Waals surface area contributed by atoms with Gasteiger partial charge in [0.15, 0.2) is 0 Å². The summed E-state index contributed by atoms with van der Waals surface area (Å²) in [7, 11) is 0. The molecule has 5 heteroatoms. The molecule has 0 unspecified atom stereocenters. The summed E-state index contributed by atoms with van der Waals surface area (Å²) in [6.07, 6.45) is 4.30. The first-order valence-electron chi connectivity index (χ1n) is 9.59. The van der Waals surface area contributed by atoms with E-state index in [9.17, 15) is 10.1 Å². The van der Waals surface area contributed by atoms with E-state index in [0.717, 1.165) is 31.4 Å². The van der Waals surface area contributed by atoms with Crippen molar-refractivity contribution in [2.45, 2.75) is 72.4 Å². The molecule has 1 aromatic rings. The van der Waals surface area contributed by atoms with Crippen molar-refractivity contribution in [3.8, 4) is 0 Å². The number of alkyl halides is 1. The number of allylic oxidation sites excluding steroid dienone is 2. The van der Waals surface area contributed by atoms with E-state index in [0.29, 0.717) is 18.0 Å². The number of halogens is 1. The summed E-state index contributed by atoms with van der Waals surface area (Å²) in [4.78, 5) is 12.9. The van der Waals surface area contributed by atoms with E-state index in [4.69, 9.17) is 11.6 Å². The van der Waals surface area contributed by atoms with Crippen LogP contribution in [0.3, 0.4) is 0 Å². The van der Waals surface area contributed by atoms with Gasteiger partial charge in [0.1, 0.15) is 0 Å². The predicted molar refractivity (Wildman–Crippen MR) is 112 cm³/mol. The van der Waals surface area contributed by atoms with E-state index in [2.05, 4.69) is 39.5 Å². The van der Waals surface area contributed by atoms with Gasteiger partial charge in [0.2, 0.25) is 0 Å². The van der Waals surface area contributed by atoms with Crippen molar-refractivity contribution in [3.63, 3.8) is 0 Å². The van der Waals surface area contributed by atoms with E-state index < -0.39 is 0 Å². The average Bonchev–Trinajstić information content (AvgIpc) is 2.62. The third kappa shape index (κ3) is 6.73. The topological polar surface area (TPSA) is 46.4 Å². The molecule has 2 rings (SSSR count). The maximum absolute atomic E-state index is 10.8. The minimum Gasteiger partial charge on any atom is -0.299 e. The Bertz CT molecular complexity index is 604. The molecule has 0 spiro atoms. The van der Waals surface area contributed by atoms with E-state index in [-0.39, 0.29) is 10.6 Å². The molecule has 4 nitrogen and oxygen atoms in total. The van der Waals surface area contributed by atoms with Gasteiger partial charge < -0.3 is 0 Å². The van der Waals surface area contributed by atoms with Crippen molar-refractivity contribution in [2.24, 2.45) is 0 Å². The summed E-state index contributed by atoms with van der Waals surface area (Å²) in [5.74, 6) is 0.526. The van der Waals surface area contributed by atoms with Crippen LogP contribution in [0.2, 0.25) is 0 Å². The van der Waals surface area contributed by atoms with Crippen LogP contribution in [0.4, 0.5) is 5.69 Å². The number of benzene rings is 1. The van der Waals surface area contributed by atoms with Gasteiger partial charge in [0.05, 0.1) is 4.92 Å². The van der Waals surface area contributed by atoms with E-state index in [1.165, 1.54) is 23.6 Å². The Morgan fingerprint density at radius 2 is 1.77 bits per heavy atom. The van der Waals surface area contributed by atoms with Crippen LogP contribution in [-0.2, 0) is 0 Å². The van der Waals surface area contributed by atoms with Crippen LogP contribution in [0, 0.1) is 10.1 Å². The van der Waals surface area contributed by atoms with Crippen molar-refractivity contribution in [2.75, 3.05) is 12.4 Å². The molecule has 0 N–H and O–H groups in total. The zero-order valence-corrected chi connectivity index (χ0v) is 17.6. The van der Waals surface area contributed by atoms with Crippen molar-refractivity contribution >= 4 is 22.9 Å². The summed E-state index contributed by atoms with van der Waals surface area (Å²) in [6.45, 7) is 12.3. The first-order chi connectivity index (χ1) is 12.3. The van der Waals surface area contributed by atoms with Gasteiger partial charge in [-0.25, -0.2) is 0 Å². The molecule has 146 valence electrons. The highest BCUT2D eigenvalue weighted by molar-refractivity contribution is 6.20. The zero-order valence-electron chi connectivity index (χ0n) is 16.8. The smallest absolute Gasteiger partial charge is 0.270 e. The lowest BCUT2D eigenvalue weighted by Crippen LogP contribution is -2.36. The lowest BCUT2D eigenvalue weighted by molar-refractivity contribution is -0.384. The molecule has 1 aromatic carbocycles. The number of nitrogens with zero attached hydrogens (tertiary/aromatic N) is 2. The van der Waals surface area contributed by atoms with E-state index in [1.807, 2.05) is 6.07 Å². The van der Waals surface area contributed by atoms with Crippen molar-refractivity contribution in [3.05, 3.63) is 45.5 Å². The quantitative estimate of drug-likeness (QED) is 0.331. The van der Waals surface area contributed by atoms with Crippen LogP contribution in [-0.4, -0.2) is 34.3 Å². The minimum absolute atomic E-state index is 0.148. The normalized spacial score (nSPS) is 14.7. The third-order valence-corrected chi connectivity index (χ3v) is 5.16. The van der Waals surface area contributed by atoms with Crippen LogP contribution < -0.4 is 0 Å². The first-order valence-corrected chi connectivity index (χ1v) is 10.1. The van der Waals surface area contributed by atoms with Crippen LogP contribution >= 0.6 is 11.6 Å². The predicted octanol–water partition coefficient (Wildman–Crippen LogP) is 6.29. The molecule has 1 aliphatic carbocycles. The van der Waals surface area contributed by atoms with Gasteiger partial charge >= 0.3 is 0 Å². The van der Waals surface area contributed by atoms with Gasteiger partial charge in [-0.1, -0.05) is 24.6 Å². The maximum atomic E-state index is 10.8. The van der Waals surface area contributed by atoms with E-state index >= 15 is 0 Å².